The number of carbonyl (C=O) groups is 2. The quantitative estimate of drug-likeness (QED) is 0.672. The Kier molecular flexibility index (Phi) is 6.87. The van der Waals surface area contributed by atoms with Crippen molar-refractivity contribution in [2.75, 3.05) is 13.7 Å². The lowest BCUT2D eigenvalue weighted by Crippen LogP contribution is -2.41. The van der Waals surface area contributed by atoms with Gasteiger partial charge in [-0.1, -0.05) is 39.8 Å². The van der Waals surface area contributed by atoms with Crippen molar-refractivity contribution < 1.29 is 14.3 Å². The number of hydrogen-bond acceptors (Lipinski definition) is 4. The van der Waals surface area contributed by atoms with Crippen LogP contribution in [0.3, 0.4) is 0 Å². The standard InChI is InChI=1S/C25H35N3O3/c1-17(13-18(2)29)24(30)27-11-12-28-22(16-27)21(26-23(28)15-25(3,4)5)14-19-7-9-20(31-6)10-8-19/h7-10,17H,11-16H2,1-6H3. The summed E-state index contributed by atoms with van der Waals surface area (Å²) in [5.41, 5.74) is 3.44. The summed E-state index contributed by atoms with van der Waals surface area (Å²) in [5.74, 6) is 1.74. The van der Waals surface area contributed by atoms with Crippen LogP contribution >= 0.6 is 0 Å². The molecular weight excluding hydrogens is 390 g/mol. The van der Waals surface area contributed by atoms with Gasteiger partial charge in [-0.15, -0.1) is 0 Å². The molecule has 0 N–H and O–H groups in total. The van der Waals surface area contributed by atoms with Crippen molar-refractivity contribution in [1.29, 1.82) is 0 Å². The molecule has 168 valence electrons. The molecule has 0 bridgehead atoms. The lowest BCUT2D eigenvalue weighted by atomic mass is 9.92. The van der Waals surface area contributed by atoms with Gasteiger partial charge in [-0.25, -0.2) is 4.98 Å². The van der Waals surface area contributed by atoms with Gasteiger partial charge in [-0.2, -0.15) is 0 Å². The molecule has 1 atom stereocenters. The highest BCUT2D eigenvalue weighted by atomic mass is 16.5. The van der Waals surface area contributed by atoms with Crippen LogP contribution in [-0.2, 0) is 35.5 Å². The number of nitrogens with zero attached hydrogens (tertiary/aromatic N) is 3. The first kappa shape index (κ1) is 23.0. The Labute approximate surface area is 185 Å². The van der Waals surface area contributed by atoms with Crippen LogP contribution in [-0.4, -0.2) is 39.8 Å². The Morgan fingerprint density at radius 1 is 1.16 bits per heavy atom. The lowest BCUT2D eigenvalue weighted by molar-refractivity contribution is -0.138. The molecule has 6 heteroatoms. The molecule has 6 nitrogen and oxygen atoms in total. The molecule has 0 radical (unpaired) electrons. The summed E-state index contributed by atoms with van der Waals surface area (Å²) in [5, 5.41) is 0. The van der Waals surface area contributed by atoms with Gasteiger partial charge in [0.1, 0.15) is 17.4 Å². The highest BCUT2D eigenvalue weighted by Gasteiger charge is 2.30. The Balaban J connectivity index is 1.89. The number of benzene rings is 1. The highest BCUT2D eigenvalue weighted by Crippen LogP contribution is 2.28. The maximum absolute atomic E-state index is 12.9. The third-order valence-electron chi connectivity index (χ3n) is 5.71. The van der Waals surface area contributed by atoms with E-state index in [4.69, 9.17) is 9.72 Å². The van der Waals surface area contributed by atoms with Crippen LogP contribution in [0.5, 0.6) is 5.75 Å². The second-order valence-corrected chi connectivity index (χ2v) is 9.90. The first-order valence-electron chi connectivity index (χ1n) is 11.1. The Morgan fingerprint density at radius 3 is 2.42 bits per heavy atom. The van der Waals surface area contributed by atoms with E-state index >= 15 is 0 Å². The van der Waals surface area contributed by atoms with E-state index < -0.39 is 0 Å². The van der Waals surface area contributed by atoms with E-state index in [0.717, 1.165) is 41.5 Å². The number of Topliss-reactive ketones (excluding diaryl/α,β-unsaturated/α-hetero) is 1. The minimum Gasteiger partial charge on any atom is -0.497 e. The van der Waals surface area contributed by atoms with Crippen molar-refractivity contribution in [2.24, 2.45) is 11.3 Å². The zero-order valence-electron chi connectivity index (χ0n) is 19.7. The molecule has 0 saturated heterocycles. The van der Waals surface area contributed by atoms with Crippen molar-refractivity contribution in [3.8, 4) is 5.75 Å². The van der Waals surface area contributed by atoms with Crippen LogP contribution in [0.2, 0.25) is 0 Å². The predicted octanol–water partition coefficient (Wildman–Crippen LogP) is 4.03. The molecule has 0 fully saturated rings. The Morgan fingerprint density at radius 2 is 1.84 bits per heavy atom. The van der Waals surface area contributed by atoms with Crippen LogP contribution in [0, 0.1) is 11.3 Å². The zero-order chi connectivity index (χ0) is 22.8. The van der Waals surface area contributed by atoms with Gasteiger partial charge < -0.3 is 19.0 Å². The van der Waals surface area contributed by atoms with E-state index in [9.17, 15) is 9.59 Å². The molecule has 0 aliphatic carbocycles. The normalized spacial score (nSPS) is 14.8. The first-order valence-corrected chi connectivity index (χ1v) is 11.1. The maximum atomic E-state index is 12.9. The number of ether oxygens (including phenoxy) is 1. The smallest absolute Gasteiger partial charge is 0.226 e. The number of methoxy groups -OCH3 is 1. The number of carbonyl (C=O) groups excluding carboxylic acids is 2. The van der Waals surface area contributed by atoms with E-state index in [1.54, 1.807) is 14.0 Å². The van der Waals surface area contributed by atoms with E-state index in [1.165, 1.54) is 0 Å². The van der Waals surface area contributed by atoms with Crippen molar-refractivity contribution >= 4 is 11.7 Å². The van der Waals surface area contributed by atoms with Crippen molar-refractivity contribution in [2.45, 2.75) is 67.0 Å². The van der Waals surface area contributed by atoms with Gasteiger partial charge in [-0.05, 0) is 30.0 Å². The molecule has 3 rings (SSSR count). The number of rotatable bonds is 7. The zero-order valence-corrected chi connectivity index (χ0v) is 19.7. The van der Waals surface area contributed by atoms with Gasteiger partial charge in [0.25, 0.3) is 0 Å². The van der Waals surface area contributed by atoms with Crippen LogP contribution in [0.15, 0.2) is 24.3 Å². The van der Waals surface area contributed by atoms with Crippen LogP contribution in [0.25, 0.3) is 0 Å². The lowest BCUT2D eigenvalue weighted by Gasteiger charge is -2.32. The summed E-state index contributed by atoms with van der Waals surface area (Å²) < 4.78 is 7.58. The van der Waals surface area contributed by atoms with Crippen LogP contribution < -0.4 is 4.74 Å². The molecule has 1 aliphatic heterocycles. The summed E-state index contributed by atoms with van der Waals surface area (Å²) in [6.45, 7) is 12.0. The van der Waals surface area contributed by atoms with Crippen molar-refractivity contribution in [3.05, 3.63) is 47.0 Å². The average molecular weight is 426 g/mol. The number of amides is 1. The van der Waals surface area contributed by atoms with Gasteiger partial charge in [0.2, 0.25) is 5.91 Å². The Bertz CT molecular complexity index is 938. The first-order chi connectivity index (χ1) is 14.6. The minimum absolute atomic E-state index is 0.0513. The topological polar surface area (TPSA) is 64.4 Å². The number of hydrogen-bond donors (Lipinski definition) is 0. The summed E-state index contributed by atoms with van der Waals surface area (Å²) in [6.07, 6.45) is 1.90. The SMILES string of the molecule is COc1ccc(Cc2nc(CC(C)(C)C)n3c2CN(C(=O)C(C)CC(C)=O)CC3)cc1. The largest absolute Gasteiger partial charge is 0.497 e. The van der Waals surface area contributed by atoms with Crippen LogP contribution in [0.4, 0.5) is 0 Å². The fourth-order valence-corrected chi connectivity index (χ4v) is 4.22. The van der Waals surface area contributed by atoms with Gasteiger partial charge in [0, 0.05) is 38.3 Å². The number of aromatic nitrogens is 2. The fourth-order valence-electron chi connectivity index (χ4n) is 4.22. The number of fused-ring (bicyclic) bond motifs is 1. The van der Waals surface area contributed by atoms with Crippen molar-refractivity contribution in [1.82, 2.24) is 14.5 Å². The molecule has 2 aromatic rings. The molecule has 31 heavy (non-hydrogen) atoms. The number of imidazole rings is 1. The second kappa shape index (κ2) is 9.25. The van der Waals surface area contributed by atoms with Gasteiger partial charge >= 0.3 is 0 Å². The molecule has 1 aliphatic rings. The predicted molar refractivity (Wildman–Crippen MR) is 121 cm³/mol. The summed E-state index contributed by atoms with van der Waals surface area (Å²) >= 11 is 0. The van der Waals surface area contributed by atoms with E-state index in [1.807, 2.05) is 24.0 Å². The monoisotopic (exact) mass is 425 g/mol. The molecule has 0 spiro atoms. The summed E-state index contributed by atoms with van der Waals surface area (Å²) in [4.78, 5) is 31.4. The average Bonchev–Trinajstić information content (AvgIpc) is 3.02. The molecule has 1 amide bonds. The third kappa shape index (κ3) is 5.75. The summed E-state index contributed by atoms with van der Waals surface area (Å²) in [6, 6.07) is 8.06. The van der Waals surface area contributed by atoms with Gasteiger partial charge in [0.05, 0.1) is 25.0 Å². The second-order valence-electron chi connectivity index (χ2n) is 9.90. The molecule has 1 aromatic heterocycles. The summed E-state index contributed by atoms with van der Waals surface area (Å²) in [7, 11) is 1.66. The Hall–Kier alpha value is -2.63. The molecule has 1 unspecified atom stereocenters. The molecular formula is C25H35N3O3. The third-order valence-corrected chi connectivity index (χ3v) is 5.71. The van der Waals surface area contributed by atoms with E-state index in [0.29, 0.717) is 25.9 Å². The van der Waals surface area contributed by atoms with Gasteiger partial charge in [-0.3, -0.25) is 4.79 Å². The molecule has 2 heterocycles. The van der Waals surface area contributed by atoms with E-state index in [2.05, 4.69) is 37.5 Å². The van der Waals surface area contributed by atoms with Gasteiger partial charge in [0.15, 0.2) is 0 Å². The molecule has 1 aromatic carbocycles. The van der Waals surface area contributed by atoms with Crippen LogP contribution in [0.1, 0.15) is 63.8 Å². The fraction of sp³-hybridized carbons (Fsp3) is 0.560. The van der Waals surface area contributed by atoms with Crippen molar-refractivity contribution in [3.63, 3.8) is 0 Å². The highest BCUT2D eigenvalue weighted by molar-refractivity contribution is 5.85. The minimum atomic E-state index is -0.286. The number of ketones is 1. The maximum Gasteiger partial charge on any atom is 0.226 e. The van der Waals surface area contributed by atoms with E-state index in [-0.39, 0.29) is 23.0 Å². The molecule has 0 saturated carbocycles.